The third-order valence-electron chi connectivity index (χ3n) is 2.53. The Morgan fingerprint density at radius 2 is 2.05 bits per heavy atom. The van der Waals surface area contributed by atoms with Crippen LogP contribution in [0.3, 0.4) is 0 Å². The normalized spacial score (nSPS) is 11.3. The van der Waals surface area contributed by atoms with Crippen LogP contribution < -0.4 is 0 Å². The van der Waals surface area contributed by atoms with Gasteiger partial charge < -0.3 is 0 Å². The third kappa shape index (κ3) is 4.02. The van der Waals surface area contributed by atoms with Crippen LogP contribution in [0.5, 0.6) is 0 Å². The Labute approximate surface area is 119 Å². The van der Waals surface area contributed by atoms with Gasteiger partial charge in [0.2, 0.25) is 10.0 Å². The molecule has 0 aliphatic rings. The van der Waals surface area contributed by atoms with Gasteiger partial charge in [-0.05, 0) is 18.1 Å². The van der Waals surface area contributed by atoms with Crippen molar-refractivity contribution in [2.45, 2.75) is 25.2 Å². The zero-order chi connectivity index (χ0) is 15.2. The van der Waals surface area contributed by atoms with E-state index in [9.17, 15) is 8.42 Å². The van der Waals surface area contributed by atoms with Crippen molar-refractivity contribution in [1.82, 2.24) is 9.29 Å². The maximum Gasteiger partial charge on any atom is 0.244 e. The molecule has 7 heteroatoms. The maximum atomic E-state index is 12.5. The standard InChI is InChI=1S/C13H16N4O2S/c1-11(2)10-17(7-3-6-14)20(18,19)13-5-4-12(8-15)16-9-13/h4-5,9,11H,3,7,10H2,1-2H3. The van der Waals surface area contributed by atoms with Crippen molar-refractivity contribution in [2.75, 3.05) is 13.1 Å². The van der Waals surface area contributed by atoms with Gasteiger partial charge in [-0.1, -0.05) is 13.8 Å². The molecule has 0 bridgehead atoms. The van der Waals surface area contributed by atoms with Crippen molar-refractivity contribution in [2.24, 2.45) is 5.92 Å². The van der Waals surface area contributed by atoms with Crippen molar-refractivity contribution < 1.29 is 8.42 Å². The zero-order valence-electron chi connectivity index (χ0n) is 11.4. The monoisotopic (exact) mass is 292 g/mol. The molecule has 0 aromatic carbocycles. The molecule has 0 atom stereocenters. The highest BCUT2D eigenvalue weighted by Crippen LogP contribution is 2.17. The Hall–Kier alpha value is -1.96. The minimum absolute atomic E-state index is 0.0371. The molecule has 1 rings (SSSR count). The molecular weight excluding hydrogens is 276 g/mol. The number of nitrogens with zero attached hydrogens (tertiary/aromatic N) is 4. The average molecular weight is 292 g/mol. The summed E-state index contributed by atoms with van der Waals surface area (Å²) in [5.74, 6) is 0.148. The lowest BCUT2D eigenvalue weighted by Crippen LogP contribution is -2.35. The molecular formula is C13H16N4O2S. The molecule has 20 heavy (non-hydrogen) atoms. The molecule has 0 aliphatic carbocycles. The van der Waals surface area contributed by atoms with Gasteiger partial charge in [0.1, 0.15) is 16.7 Å². The first kappa shape index (κ1) is 16.1. The fourth-order valence-corrected chi connectivity index (χ4v) is 3.19. The minimum Gasteiger partial charge on any atom is -0.244 e. The van der Waals surface area contributed by atoms with Crippen LogP contribution in [-0.2, 0) is 10.0 Å². The van der Waals surface area contributed by atoms with E-state index in [2.05, 4.69) is 4.98 Å². The van der Waals surface area contributed by atoms with Crippen LogP contribution in [-0.4, -0.2) is 30.8 Å². The second-order valence-corrected chi connectivity index (χ2v) is 6.59. The van der Waals surface area contributed by atoms with Crippen molar-refractivity contribution in [1.29, 1.82) is 10.5 Å². The smallest absolute Gasteiger partial charge is 0.244 e. The zero-order valence-corrected chi connectivity index (χ0v) is 12.3. The summed E-state index contributed by atoms with van der Waals surface area (Å²) in [6, 6.07) is 6.51. The SMILES string of the molecule is CC(C)CN(CCC#N)S(=O)(=O)c1ccc(C#N)nc1. The van der Waals surface area contributed by atoms with E-state index in [0.29, 0.717) is 6.54 Å². The quantitative estimate of drug-likeness (QED) is 0.791. The van der Waals surface area contributed by atoms with E-state index in [4.69, 9.17) is 10.5 Å². The molecule has 0 unspecified atom stereocenters. The van der Waals surface area contributed by atoms with E-state index >= 15 is 0 Å². The Kier molecular flexibility index (Phi) is 5.63. The molecule has 0 fully saturated rings. The molecule has 0 amide bonds. The molecule has 0 saturated carbocycles. The maximum absolute atomic E-state index is 12.5. The van der Waals surface area contributed by atoms with E-state index in [1.165, 1.54) is 22.6 Å². The van der Waals surface area contributed by atoms with Gasteiger partial charge in [0.15, 0.2) is 0 Å². The van der Waals surface area contributed by atoms with Gasteiger partial charge in [0.25, 0.3) is 0 Å². The Morgan fingerprint density at radius 1 is 1.35 bits per heavy atom. The van der Waals surface area contributed by atoms with Gasteiger partial charge in [-0.2, -0.15) is 14.8 Å². The first-order chi connectivity index (χ1) is 9.41. The van der Waals surface area contributed by atoms with Crippen LogP contribution in [0.4, 0.5) is 0 Å². The van der Waals surface area contributed by atoms with Crippen LogP contribution >= 0.6 is 0 Å². The highest BCUT2D eigenvalue weighted by Gasteiger charge is 2.25. The third-order valence-corrected chi connectivity index (χ3v) is 4.38. The van der Waals surface area contributed by atoms with E-state index in [1.54, 1.807) is 0 Å². The van der Waals surface area contributed by atoms with E-state index in [-0.39, 0.29) is 29.5 Å². The number of aromatic nitrogens is 1. The van der Waals surface area contributed by atoms with Crippen molar-refractivity contribution in [3.05, 3.63) is 24.0 Å². The number of hydrogen-bond acceptors (Lipinski definition) is 5. The molecule has 1 aromatic heterocycles. The fraction of sp³-hybridized carbons (Fsp3) is 0.462. The summed E-state index contributed by atoms with van der Waals surface area (Å²) in [5, 5.41) is 17.3. The van der Waals surface area contributed by atoms with Gasteiger partial charge in [0, 0.05) is 25.7 Å². The van der Waals surface area contributed by atoms with Crippen LogP contribution in [0.15, 0.2) is 23.2 Å². The molecule has 0 N–H and O–H groups in total. The van der Waals surface area contributed by atoms with Crippen molar-refractivity contribution >= 4 is 10.0 Å². The molecule has 1 heterocycles. The molecule has 6 nitrogen and oxygen atoms in total. The predicted octanol–water partition coefficient (Wildman–Crippen LogP) is 1.51. The lowest BCUT2D eigenvalue weighted by molar-refractivity contribution is 0.373. The topological polar surface area (TPSA) is 97.9 Å². The van der Waals surface area contributed by atoms with Crippen LogP contribution in [0, 0.1) is 28.6 Å². The summed E-state index contributed by atoms with van der Waals surface area (Å²) >= 11 is 0. The second kappa shape index (κ2) is 6.99. The Bertz CT molecular complexity index is 624. The molecule has 1 aromatic rings. The highest BCUT2D eigenvalue weighted by molar-refractivity contribution is 7.89. The second-order valence-electron chi connectivity index (χ2n) is 4.66. The highest BCUT2D eigenvalue weighted by atomic mass is 32.2. The lowest BCUT2D eigenvalue weighted by Gasteiger charge is -2.22. The molecule has 106 valence electrons. The van der Waals surface area contributed by atoms with Crippen LogP contribution in [0.1, 0.15) is 26.0 Å². The lowest BCUT2D eigenvalue weighted by atomic mass is 10.2. The largest absolute Gasteiger partial charge is 0.244 e. The average Bonchev–Trinajstić information content (AvgIpc) is 2.43. The summed E-state index contributed by atoms with van der Waals surface area (Å²) < 4.78 is 26.2. The molecule has 0 spiro atoms. The summed E-state index contributed by atoms with van der Waals surface area (Å²) in [7, 11) is -3.68. The van der Waals surface area contributed by atoms with Crippen LogP contribution in [0.2, 0.25) is 0 Å². The number of hydrogen-bond donors (Lipinski definition) is 0. The Morgan fingerprint density at radius 3 is 2.50 bits per heavy atom. The van der Waals surface area contributed by atoms with Gasteiger partial charge in [-0.3, -0.25) is 0 Å². The summed E-state index contributed by atoms with van der Waals surface area (Å²) in [6.45, 7) is 4.30. The van der Waals surface area contributed by atoms with Gasteiger partial charge >= 0.3 is 0 Å². The summed E-state index contributed by atoms with van der Waals surface area (Å²) in [5.41, 5.74) is 0.163. The first-order valence-electron chi connectivity index (χ1n) is 6.15. The van der Waals surface area contributed by atoms with Crippen molar-refractivity contribution in [3.8, 4) is 12.1 Å². The molecule has 0 aliphatic heterocycles. The number of sulfonamides is 1. The van der Waals surface area contributed by atoms with E-state index in [0.717, 1.165) is 0 Å². The van der Waals surface area contributed by atoms with Gasteiger partial charge in [0.05, 0.1) is 6.07 Å². The predicted molar refractivity (Wildman–Crippen MR) is 72.8 cm³/mol. The first-order valence-corrected chi connectivity index (χ1v) is 7.59. The molecule has 0 radical (unpaired) electrons. The number of nitriles is 2. The Balaban J connectivity index is 3.08. The van der Waals surface area contributed by atoms with E-state index < -0.39 is 10.0 Å². The minimum atomic E-state index is -3.68. The fourth-order valence-electron chi connectivity index (χ4n) is 1.64. The van der Waals surface area contributed by atoms with Gasteiger partial charge in [-0.25, -0.2) is 13.4 Å². The van der Waals surface area contributed by atoms with Crippen molar-refractivity contribution in [3.63, 3.8) is 0 Å². The van der Waals surface area contributed by atoms with E-state index in [1.807, 2.05) is 26.0 Å². The number of pyridine rings is 1. The number of rotatable bonds is 6. The molecule has 0 saturated heterocycles. The summed E-state index contributed by atoms with van der Waals surface area (Å²) in [4.78, 5) is 3.81. The van der Waals surface area contributed by atoms with Gasteiger partial charge in [-0.15, -0.1) is 0 Å². The van der Waals surface area contributed by atoms with Crippen LogP contribution in [0.25, 0.3) is 0 Å². The summed E-state index contributed by atoms with van der Waals surface area (Å²) in [6.07, 6.45) is 1.31.